The molecule has 0 bridgehead atoms. The van der Waals surface area contributed by atoms with Crippen molar-refractivity contribution in [2.75, 3.05) is 24.4 Å². The third-order valence-electron chi connectivity index (χ3n) is 5.00. The number of benzene rings is 1. The predicted octanol–water partition coefficient (Wildman–Crippen LogP) is 1.76. The van der Waals surface area contributed by atoms with Crippen LogP contribution >= 0.6 is 11.6 Å². The lowest BCUT2D eigenvalue weighted by Crippen LogP contribution is -2.41. The molecule has 168 valence electrons. The summed E-state index contributed by atoms with van der Waals surface area (Å²) in [6.07, 6.45) is 1.34. The number of halogens is 1. The number of rotatable bonds is 7. The fraction of sp³-hybridized carbons (Fsp3) is 0.421. The van der Waals surface area contributed by atoms with Gasteiger partial charge in [0.1, 0.15) is 5.75 Å². The number of hydrogen-bond donors (Lipinski definition) is 0. The summed E-state index contributed by atoms with van der Waals surface area (Å²) in [5.41, 5.74) is 0.464. The second-order valence-electron chi connectivity index (χ2n) is 7.09. The second-order valence-corrected chi connectivity index (χ2v) is 11.9. The Hall–Kier alpha value is -2.24. The highest BCUT2D eigenvalue weighted by Gasteiger charge is 2.36. The van der Waals surface area contributed by atoms with Crippen LogP contribution in [0.4, 0.5) is 0 Å². The van der Waals surface area contributed by atoms with Crippen LogP contribution < -0.4 is 4.74 Å². The van der Waals surface area contributed by atoms with E-state index >= 15 is 0 Å². The topological polar surface area (TPSA) is 124 Å². The number of aromatic nitrogens is 2. The fourth-order valence-electron chi connectivity index (χ4n) is 3.23. The molecular formula is C19H22ClN3O6S2. The molecule has 2 heterocycles. The van der Waals surface area contributed by atoms with Crippen molar-refractivity contribution in [1.29, 1.82) is 0 Å². The monoisotopic (exact) mass is 487 g/mol. The number of hydrogen-bond acceptors (Lipinski definition) is 8. The van der Waals surface area contributed by atoms with Gasteiger partial charge in [-0.05, 0) is 24.1 Å². The molecule has 1 aromatic carbocycles. The lowest BCUT2D eigenvalue weighted by molar-refractivity contribution is 0.0674. The minimum absolute atomic E-state index is 0.0307. The first-order valence-corrected chi connectivity index (χ1v) is 13.3. The van der Waals surface area contributed by atoms with E-state index in [0.29, 0.717) is 5.75 Å². The van der Waals surface area contributed by atoms with Gasteiger partial charge < -0.3 is 9.64 Å². The van der Waals surface area contributed by atoms with E-state index in [1.165, 1.54) is 18.9 Å². The van der Waals surface area contributed by atoms with Crippen molar-refractivity contribution in [3.63, 3.8) is 0 Å². The normalized spacial score (nSPS) is 18.0. The highest BCUT2D eigenvalue weighted by Crippen LogP contribution is 2.25. The van der Waals surface area contributed by atoms with Crippen LogP contribution in [0.2, 0.25) is 5.02 Å². The van der Waals surface area contributed by atoms with Gasteiger partial charge in [0, 0.05) is 12.6 Å². The molecule has 12 heteroatoms. The highest BCUT2D eigenvalue weighted by molar-refractivity contribution is 7.91. The summed E-state index contributed by atoms with van der Waals surface area (Å²) in [7, 11) is -5.51. The van der Waals surface area contributed by atoms with Crippen LogP contribution in [0.15, 0.2) is 35.6 Å². The Morgan fingerprint density at radius 2 is 1.97 bits per heavy atom. The van der Waals surface area contributed by atoms with Gasteiger partial charge in [-0.15, -0.1) is 0 Å². The van der Waals surface area contributed by atoms with Gasteiger partial charge in [0.25, 0.3) is 5.91 Å². The van der Waals surface area contributed by atoms with Gasteiger partial charge in [0.05, 0.1) is 35.6 Å². The predicted molar refractivity (Wildman–Crippen MR) is 115 cm³/mol. The average Bonchev–Trinajstić information content (AvgIpc) is 3.11. The largest absolute Gasteiger partial charge is 0.497 e. The number of ether oxygens (including phenoxy) is 1. The SMILES string of the molecule is CCS(=O)(=O)c1ncc(Cl)c(C(=O)N(Cc2ccc(OC)cc2)[C@@H]2CCS(=O)(=O)C2)n1. The van der Waals surface area contributed by atoms with E-state index in [1.54, 1.807) is 24.3 Å². The molecule has 0 unspecified atom stereocenters. The minimum Gasteiger partial charge on any atom is -0.497 e. The second kappa shape index (κ2) is 9.09. The Morgan fingerprint density at radius 1 is 1.29 bits per heavy atom. The van der Waals surface area contributed by atoms with Crippen LogP contribution in [-0.2, 0) is 26.2 Å². The van der Waals surface area contributed by atoms with Crippen LogP contribution in [0.3, 0.4) is 0 Å². The number of carbonyl (C=O) groups excluding carboxylic acids is 1. The van der Waals surface area contributed by atoms with Crippen molar-refractivity contribution in [1.82, 2.24) is 14.9 Å². The van der Waals surface area contributed by atoms with Crippen LogP contribution in [0.5, 0.6) is 5.75 Å². The molecule has 31 heavy (non-hydrogen) atoms. The molecule has 1 aromatic heterocycles. The molecule has 1 aliphatic heterocycles. The first-order chi connectivity index (χ1) is 14.6. The summed E-state index contributed by atoms with van der Waals surface area (Å²) >= 11 is 6.13. The third kappa shape index (κ3) is 5.34. The van der Waals surface area contributed by atoms with E-state index < -0.39 is 36.8 Å². The zero-order valence-electron chi connectivity index (χ0n) is 17.0. The molecule has 1 saturated heterocycles. The number of nitrogens with zero attached hydrogens (tertiary/aromatic N) is 3. The number of sulfone groups is 2. The summed E-state index contributed by atoms with van der Waals surface area (Å²) in [6.45, 7) is 1.54. The maximum Gasteiger partial charge on any atom is 0.274 e. The molecule has 0 N–H and O–H groups in total. The van der Waals surface area contributed by atoms with Gasteiger partial charge in [-0.3, -0.25) is 4.79 Å². The standard InChI is InChI=1S/C19H22ClN3O6S2/c1-3-31(27,28)19-21-10-16(20)17(22-19)18(24)23(14-8-9-30(25,26)12-14)11-13-4-6-15(29-2)7-5-13/h4-7,10,14H,3,8-9,11-12H2,1-2H3/t14-/m1/s1. The van der Waals surface area contributed by atoms with Crippen molar-refractivity contribution in [3.05, 3.63) is 46.7 Å². The summed E-state index contributed by atoms with van der Waals surface area (Å²) in [5.74, 6) is -0.468. The van der Waals surface area contributed by atoms with E-state index in [9.17, 15) is 21.6 Å². The summed E-state index contributed by atoms with van der Waals surface area (Å²) in [6, 6.07) is 6.39. The smallest absolute Gasteiger partial charge is 0.274 e. The molecule has 1 fully saturated rings. The van der Waals surface area contributed by atoms with Crippen molar-refractivity contribution >= 4 is 37.2 Å². The van der Waals surface area contributed by atoms with Gasteiger partial charge in [-0.1, -0.05) is 30.7 Å². The maximum absolute atomic E-state index is 13.4. The lowest BCUT2D eigenvalue weighted by atomic mass is 10.1. The Labute approximate surface area is 186 Å². The summed E-state index contributed by atoms with van der Waals surface area (Å²) in [4.78, 5) is 22.4. The molecule has 1 atom stereocenters. The molecule has 0 radical (unpaired) electrons. The molecule has 1 aliphatic rings. The van der Waals surface area contributed by atoms with Crippen LogP contribution in [0.1, 0.15) is 29.4 Å². The van der Waals surface area contributed by atoms with Crippen molar-refractivity contribution in [2.24, 2.45) is 0 Å². The molecule has 0 saturated carbocycles. The number of methoxy groups -OCH3 is 1. The fourth-order valence-corrected chi connectivity index (χ4v) is 5.84. The maximum atomic E-state index is 13.4. The Balaban J connectivity index is 2.00. The number of carbonyl (C=O) groups is 1. The number of amides is 1. The molecule has 0 spiro atoms. The van der Waals surface area contributed by atoms with Gasteiger partial charge in [0.15, 0.2) is 15.5 Å². The van der Waals surface area contributed by atoms with Gasteiger partial charge >= 0.3 is 0 Å². The average molecular weight is 488 g/mol. The minimum atomic E-state index is -3.76. The zero-order chi connectivity index (χ0) is 22.8. The molecule has 0 aliphatic carbocycles. The Bertz CT molecular complexity index is 1180. The molecule has 2 aromatic rings. The zero-order valence-corrected chi connectivity index (χ0v) is 19.4. The summed E-state index contributed by atoms with van der Waals surface area (Å²) < 4.78 is 53.6. The van der Waals surface area contributed by atoms with Crippen molar-refractivity contribution < 1.29 is 26.4 Å². The van der Waals surface area contributed by atoms with Crippen LogP contribution in [-0.4, -0.2) is 68.0 Å². The first kappa shape index (κ1) is 23.4. The van der Waals surface area contributed by atoms with Crippen LogP contribution in [0.25, 0.3) is 0 Å². The molecule has 9 nitrogen and oxygen atoms in total. The Kier molecular flexibility index (Phi) is 6.87. The van der Waals surface area contributed by atoms with E-state index in [4.69, 9.17) is 16.3 Å². The van der Waals surface area contributed by atoms with Gasteiger partial charge in [-0.2, -0.15) is 0 Å². The van der Waals surface area contributed by atoms with Crippen LogP contribution in [0, 0.1) is 0 Å². The quantitative estimate of drug-likeness (QED) is 0.541. The lowest BCUT2D eigenvalue weighted by Gasteiger charge is -2.28. The Morgan fingerprint density at radius 3 is 2.52 bits per heavy atom. The van der Waals surface area contributed by atoms with E-state index in [2.05, 4.69) is 9.97 Å². The first-order valence-electron chi connectivity index (χ1n) is 9.46. The summed E-state index contributed by atoms with van der Waals surface area (Å²) in [5, 5.41) is -0.605. The molecular weight excluding hydrogens is 466 g/mol. The van der Waals surface area contributed by atoms with E-state index in [0.717, 1.165) is 11.8 Å². The molecule has 1 amide bonds. The van der Waals surface area contributed by atoms with E-state index in [-0.39, 0.29) is 40.9 Å². The highest BCUT2D eigenvalue weighted by atomic mass is 35.5. The van der Waals surface area contributed by atoms with Gasteiger partial charge in [0.2, 0.25) is 15.0 Å². The van der Waals surface area contributed by atoms with E-state index in [1.807, 2.05) is 0 Å². The third-order valence-corrected chi connectivity index (χ3v) is 8.54. The van der Waals surface area contributed by atoms with Crippen molar-refractivity contribution in [3.8, 4) is 5.75 Å². The molecule has 3 rings (SSSR count). The van der Waals surface area contributed by atoms with Gasteiger partial charge in [-0.25, -0.2) is 26.8 Å². The van der Waals surface area contributed by atoms with Crippen molar-refractivity contribution in [2.45, 2.75) is 31.1 Å².